The number of piperazine rings is 1. The van der Waals surface area contributed by atoms with Crippen molar-refractivity contribution in [3.63, 3.8) is 0 Å². The Morgan fingerprint density at radius 1 is 1.09 bits per heavy atom. The van der Waals surface area contributed by atoms with Gasteiger partial charge in [-0.15, -0.1) is 24.8 Å². The second-order valence-corrected chi connectivity index (χ2v) is 7.51. The van der Waals surface area contributed by atoms with Crippen LogP contribution in [-0.2, 0) is 0 Å². The number of benzene rings is 1. The average molecular weight is 424 g/mol. The van der Waals surface area contributed by atoms with Crippen LogP contribution in [0.5, 0.6) is 0 Å². The van der Waals surface area contributed by atoms with Gasteiger partial charge in [-0.3, -0.25) is 4.90 Å². The third-order valence-corrected chi connectivity index (χ3v) is 5.80. The minimum atomic E-state index is 0. The van der Waals surface area contributed by atoms with Gasteiger partial charge in [-0.1, -0.05) is 47.3 Å². The highest BCUT2D eigenvalue weighted by Crippen LogP contribution is 2.41. The first-order valence-electron chi connectivity index (χ1n) is 8.46. The van der Waals surface area contributed by atoms with E-state index in [2.05, 4.69) is 51.3 Å². The highest BCUT2D eigenvalue weighted by molar-refractivity contribution is 9.10. The van der Waals surface area contributed by atoms with Crippen LogP contribution in [0.25, 0.3) is 0 Å². The van der Waals surface area contributed by atoms with Crippen molar-refractivity contribution < 1.29 is 0 Å². The van der Waals surface area contributed by atoms with E-state index in [1.54, 1.807) is 0 Å². The van der Waals surface area contributed by atoms with Gasteiger partial charge in [0.1, 0.15) is 0 Å². The zero-order chi connectivity index (χ0) is 14.7. The van der Waals surface area contributed by atoms with Gasteiger partial charge in [-0.05, 0) is 42.9 Å². The van der Waals surface area contributed by atoms with E-state index in [0.717, 1.165) is 19.0 Å². The highest BCUT2D eigenvalue weighted by atomic mass is 79.9. The minimum Gasteiger partial charge on any atom is -0.314 e. The van der Waals surface area contributed by atoms with Gasteiger partial charge in [-0.2, -0.15) is 0 Å². The van der Waals surface area contributed by atoms with Gasteiger partial charge >= 0.3 is 0 Å². The third-order valence-electron chi connectivity index (χ3n) is 5.12. The van der Waals surface area contributed by atoms with E-state index in [9.17, 15) is 0 Å². The van der Waals surface area contributed by atoms with Gasteiger partial charge in [0.15, 0.2) is 0 Å². The van der Waals surface area contributed by atoms with Crippen LogP contribution in [-0.4, -0.2) is 31.1 Å². The molecule has 0 spiro atoms. The molecule has 1 aliphatic heterocycles. The minimum absolute atomic E-state index is 0. The lowest BCUT2D eigenvalue weighted by molar-refractivity contribution is 0.103. The van der Waals surface area contributed by atoms with Crippen molar-refractivity contribution in [2.45, 2.75) is 45.1 Å². The molecule has 3 rings (SSSR count). The molecule has 2 aliphatic rings. The van der Waals surface area contributed by atoms with Crippen molar-refractivity contribution in [2.75, 3.05) is 26.2 Å². The van der Waals surface area contributed by atoms with Crippen LogP contribution in [0, 0.1) is 12.8 Å². The standard InChI is InChI=1S/C18H27BrN2.2ClH/c1-14-7-8-16(17(19)13-14)18(15-5-3-2-4-6-15)21-11-9-20-10-12-21;;/h7-8,13,15,18,20H,2-6,9-12H2,1H3;2*1H/t18-;;/m1../s1. The number of nitrogens with zero attached hydrogens (tertiary/aromatic N) is 1. The molecule has 0 aromatic heterocycles. The summed E-state index contributed by atoms with van der Waals surface area (Å²) >= 11 is 3.84. The van der Waals surface area contributed by atoms with Crippen molar-refractivity contribution in [2.24, 2.45) is 5.92 Å². The molecular weight excluding hydrogens is 395 g/mol. The molecule has 0 unspecified atom stereocenters. The Balaban J connectivity index is 0.00000132. The quantitative estimate of drug-likeness (QED) is 0.724. The van der Waals surface area contributed by atoms with Crippen LogP contribution in [0.2, 0.25) is 0 Å². The lowest BCUT2D eigenvalue weighted by Gasteiger charge is -2.41. The molecule has 23 heavy (non-hydrogen) atoms. The van der Waals surface area contributed by atoms with Crippen molar-refractivity contribution in [1.29, 1.82) is 0 Å². The molecule has 1 heterocycles. The van der Waals surface area contributed by atoms with Crippen LogP contribution in [0.15, 0.2) is 22.7 Å². The molecule has 5 heteroatoms. The fourth-order valence-corrected chi connectivity index (χ4v) is 4.76. The third kappa shape index (κ3) is 5.34. The normalized spacial score (nSPS) is 21.1. The summed E-state index contributed by atoms with van der Waals surface area (Å²) in [5.41, 5.74) is 2.85. The summed E-state index contributed by atoms with van der Waals surface area (Å²) in [5, 5.41) is 3.49. The van der Waals surface area contributed by atoms with Crippen molar-refractivity contribution >= 4 is 40.7 Å². The average Bonchev–Trinajstić information content (AvgIpc) is 2.52. The number of aryl methyl sites for hydroxylation is 1. The zero-order valence-electron chi connectivity index (χ0n) is 13.9. The van der Waals surface area contributed by atoms with Crippen molar-refractivity contribution in [3.05, 3.63) is 33.8 Å². The van der Waals surface area contributed by atoms with E-state index in [0.29, 0.717) is 6.04 Å². The fourth-order valence-electron chi connectivity index (χ4n) is 4.03. The topological polar surface area (TPSA) is 15.3 Å². The van der Waals surface area contributed by atoms with Gasteiger partial charge in [0.05, 0.1) is 0 Å². The van der Waals surface area contributed by atoms with Gasteiger partial charge < -0.3 is 5.32 Å². The molecule has 2 fully saturated rings. The van der Waals surface area contributed by atoms with Gasteiger partial charge in [0.25, 0.3) is 0 Å². The molecule has 1 aliphatic carbocycles. The summed E-state index contributed by atoms with van der Waals surface area (Å²) in [7, 11) is 0. The van der Waals surface area contributed by atoms with Crippen LogP contribution in [0.1, 0.15) is 49.3 Å². The number of nitrogens with one attached hydrogen (secondary N) is 1. The van der Waals surface area contributed by atoms with Gasteiger partial charge in [0, 0.05) is 36.7 Å². The van der Waals surface area contributed by atoms with E-state index < -0.39 is 0 Å². The van der Waals surface area contributed by atoms with E-state index in [1.807, 2.05) is 0 Å². The number of hydrogen-bond donors (Lipinski definition) is 1. The smallest absolute Gasteiger partial charge is 0.0388 e. The van der Waals surface area contributed by atoms with E-state index in [4.69, 9.17) is 0 Å². The first kappa shape index (κ1) is 21.2. The second-order valence-electron chi connectivity index (χ2n) is 6.65. The predicted octanol–water partition coefficient (Wildman–Crippen LogP) is 5.13. The summed E-state index contributed by atoms with van der Waals surface area (Å²) in [4.78, 5) is 2.72. The van der Waals surface area contributed by atoms with E-state index in [1.165, 1.54) is 60.8 Å². The molecule has 0 radical (unpaired) electrons. The van der Waals surface area contributed by atoms with Crippen LogP contribution < -0.4 is 5.32 Å². The Morgan fingerprint density at radius 3 is 2.35 bits per heavy atom. The molecule has 1 N–H and O–H groups in total. The van der Waals surface area contributed by atoms with Gasteiger partial charge in [-0.25, -0.2) is 0 Å². The van der Waals surface area contributed by atoms with Crippen molar-refractivity contribution in [1.82, 2.24) is 10.2 Å². The van der Waals surface area contributed by atoms with Crippen molar-refractivity contribution in [3.8, 4) is 0 Å². The largest absolute Gasteiger partial charge is 0.314 e. The lowest BCUT2D eigenvalue weighted by Crippen LogP contribution is -2.47. The summed E-state index contributed by atoms with van der Waals surface area (Å²) in [6.45, 7) is 6.80. The molecule has 1 saturated carbocycles. The number of halogens is 3. The monoisotopic (exact) mass is 422 g/mol. The Hall–Kier alpha value is 0.200. The Kier molecular flexibility index (Phi) is 9.47. The fraction of sp³-hybridized carbons (Fsp3) is 0.667. The maximum absolute atomic E-state index is 3.84. The number of hydrogen-bond acceptors (Lipinski definition) is 2. The van der Waals surface area contributed by atoms with E-state index >= 15 is 0 Å². The van der Waals surface area contributed by atoms with Crippen LogP contribution >= 0.6 is 40.7 Å². The van der Waals surface area contributed by atoms with E-state index in [-0.39, 0.29) is 24.8 Å². The molecule has 1 atom stereocenters. The Labute approximate surface area is 161 Å². The molecule has 1 aromatic carbocycles. The molecule has 132 valence electrons. The summed E-state index contributed by atoms with van der Waals surface area (Å²) in [6, 6.07) is 7.52. The summed E-state index contributed by atoms with van der Waals surface area (Å²) < 4.78 is 1.30. The Morgan fingerprint density at radius 2 is 1.74 bits per heavy atom. The SMILES string of the molecule is Cc1ccc([C@@H](C2CCCCC2)N2CCNCC2)c(Br)c1.Cl.Cl. The molecule has 1 aromatic rings. The first-order chi connectivity index (χ1) is 10.3. The molecule has 1 saturated heterocycles. The predicted molar refractivity (Wildman–Crippen MR) is 107 cm³/mol. The zero-order valence-corrected chi connectivity index (χ0v) is 17.1. The summed E-state index contributed by atoms with van der Waals surface area (Å²) in [6.07, 6.45) is 7.05. The molecule has 0 bridgehead atoms. The maximum atomic E-state index is 3.84. The van der Waals surface area contributed by atoms with Crippen LogP contribution in [0.3, 0.4) is 0 Å². The highest BCUT2D eigenvalue weighted by Gasteiger charge is 2.31. The maximum Gasteiger partial charge on any atom is 0.0388 e. The number of rotatable bonds is 3. The second kappa shape index (κ2) is 10.2. The molecule has 2 nitrogen and oxygen atoms in total. The molecule has 0 amide bonds. The Bertz CT molecular complexity index is 454. The van der Waals surface area contributed by atoms with Gasteiger partial charge in [0.2, 0.25) is 0 Å². The van der Waals surface area contributed by atoms with Crippen LogP contribution in [0.4, 0.5) is 0 Å². The molecular formula is C18H29BrCl2N2. The summed E-state index contributed by atoms with van der Waals surface area (Å²) in [5.74, 6) is 0.829. The first-order valence-corrected chi connectivity index (χ1v) is 9.26. The lowest BCUT2D eigenvalue weighted by atomic mass is 9.80.